The molecule has 0 radical (unpaired) electrons. The number of sulfonamides is 1. The van der Waals surface area contributed by atoms with Gasteiger partial charge in [0.15, 0.2) is 5.56 Å². The molecule has 0 aliphatic carbocycles. The number of hydrogen-bond donors (Lipinski definition) is 1. The average molecular weight is 485 g/mol. The van der Waals surface area contributed by atoms with Crippen LogP contribution in [0.2, 0.25) is 10.0 Å². The summed E-state index contributed by atoms with van der Waals surface area (Å²) in [5.41, 5.74) is 1.44. The highest BCUT2D eigenvalue weighted by Gasteiger charge is 2.31. The number of methoxy groups -OCH3 is 2. The molecular formula is C20H18Cl2N2O6S. The maximum atomic E-state index is 13.1. The van der Waals surface area contributed by atoms with Gasteiger partial charge in [0.2, 0.25) is 0 Å². The van der Waals surface area contributed by atoms with Gasteiger partial charge in [-0.1, -0.05) is 34.4 Å². The highest BCUT2D eigenvalue weighted by atomic mass is 35.5. The Morgan fingerprint density at radius 3 is 2.29 bits per heavy atom. The van der Waals surface area contributed by atoms with Crippen molar-refractivity contribution in [2.24, 2.45) is 0 Å². The number of nitrogens with zero attached hydrogens (tertiary/aromatic N) is 1. The van der Waals surface area contributed by atoms with E-state index in [1.165, 1.54) is 13.2 Å². The van der Waals surface area contributed by atoms with Crippen LogP contribution in [0.3, 0.4) is 0 Å². The number of ether oxygens (including phenoxy) is 2. The van der Waals surface area contributed by atoms with E-state index in [0.717, 1.165) is 18.2 Å². The van der Waals surface area contributed by atoms with Crippen molar-refractivity contribution in [1.82, 2.24) is 5.16 Å². The third-order valence-corrected chi connectivity index (χ3v) is 6.56. The minimum Gasteiger partial charge on any atom is -0.495 e. The van der Waals surface area contributed by atoms with Crippen LogP contribution in [0, 0.1) is 13.8 Å². The molecule has 31 heavy (non-hydrogen) atoms. The van der Waals surface area contributed by atoms with Gasteiger partial charge < -0.3 is 14.0 Å². The highest BCUT2D eigenvalue weighted by Crippen LogP contribution is 2.39. The van der Waals surface area contributed by atoms with Gasteiger partial charge >= 0.3 is 5.97 Å². The van der Waals surface area contributed by atoms with Gasteiger partial charge in [0.05, 0.1) is 24.3 Å². The van der Waals surface area contributed by atoms with Gasteiger partial charge in [-0.05, 0) is 49.2 Å². The third-order valence-electron chi connectivity index (χ3n) is 4.58. The molecule has 2 aromatic carbocycles. The maximum absolute atomic E-state index is 13.1. The standard InChI is InChI=1S/C20H18Cl2N2O6S/c1-10-8-14(28-3)15(9-11(10)2)31(26,27)24-19-17(20(25)29-4)18(23-30-19)16-12(21)6-5-7-13(16)22/h5-9,24H,1-4H3. The molecule has 0 unspecified atom stereocenters. The fourth-order valence-corrected chi connectivity index (χ4v) is 4.66. The molecule has 1 aromatic heterocycles. The molecule has 0 saturated carbocycles. The number of nitrogens with one attached hydrogen (secondary N) is 1. The van der Waals surface area contributed by atoms with Gasteiger partial charge in [-0.2, -0.15) is 0 Å². The fraction of sp³-hybridized carbons (Fsp3) is 0.200. The molecule has 0 amide bonds. The van der Waals surface area contributed by atoms with Crippen LogP contribution in [0.1, 0.15) is 21.5 Å². The van der Waals surface area contributed by atoms with Gasteiger partial charge in [-0.25, -0.2) is 17.9 Å². The number of esters is 1. The van der Waals surface area contributed by atoms with E-state index < -0.39 is 21.9 Å². The zero-order valence-electron chi connectivity index (χ0n) is 16.9. The molecule has 11 heteroatoms. The van der Waals surface area contributed by atoms with Crippen molar-refractivity contribution in [3.63, 3.8) is 0 Å². The van der Waals surface area contributed by atoms with Crippen molar-refractivity contribution in [3.8, 4) is 17.0 Å². The largest absolute Gasteiger partial charge is 0.495 e. The molecule has 164 valence electrons. The van der Waals surface area contributed by atoms with Gasteiger partial charge in [0.25, 0.3) is 15.9 Å². The number of anilines is 1. The molecule has 0 aliphatic rings. The lowest BCUT2D eigenvalue weighted by molar-refractivity contribution is 0.0602. The molecule has 0 bridgehead atoms. The van der Waals surface area contributed by atoms with Gasteiger partial charge in [-0.15, -0.1) is 0 Å². The first kappa shape index (κ1) is 22.9. The van der Waals surface area contributed by atoms with Crippen LogP contribution in [0.25, 0.3) is 11.3 Å². The minimum absolute atomic E-state index is 0.0628. The summed E-state index contributed by atoms with van der Waals surface area (Å²) in [5, 5.41) is 4.21. The van der Waals surface area contributed by atoms with Crippen molar-refractivity contribution in [2.45, 2.75) is 18.7 Å². The van der Waals surface area contributed by atoms with E-state index in [-0.39, 0.29) is 37.5 Å². The lowest BCUT2D eigenvalue weighted by Gasteiger charge is -2.13. The molecule has 1 heterocycles. The zero-order valence-corrected chi connectivity index (χ0v) is 19.3. The van der Waals surface area contributed by atoms with Crippen LogP contribution in [0.4, 0.5) is 5.88 Å². The predicted octanol–water partition coefficient (Wildman–Crippen LogP) is 4.86. The Morgan fingerprint density at radius 1 is 1.10 bits per heavy atom. The molecular weight excluding hydrogens is 467 g/mol. The van der Waals surface area contributed by atoms with Crippen LogP contribution in [-0.4, -0.2) is 33.8 Å². The number of carbonyl (C=O) groups excluding carboxylic acids is 1. The van der Waals surface area contributed by atoms with Crippen molar-refractivity contribution in [1.29, 1.82) is 0 Å². The summed E-state index contributed by atoms with van der Waals surface area (Å²) in [6.45, 7) is 3.59. The van der Waals surface area contributed by atoms with E-state index in [1.807, 2.05) is 6.92 Å². The first-order valence-corrected chi connectivity index (χ1v) is 11.0. The monoisotopic (exact) mass is 484 g/mol. The Kier molecular flexibility index (Phi) is 6.49. The number of aryl methyl sites for hydroxylation is 2. The zero-order chi connectivity index (χ0) is 22.9. The summed E-state index contributed by atoms with van der Waals surface area (Å²) in [4.78, 5) is 12.4. The summed E-state index contributed by atoms with van der Waals surface area (Å²) in [6.07, 6.45) is 0. The number of halogens is 2. The quantitative estimate of drug-likeness (QED) is 0.497. The van der Waals surface area contributed by atoms with Crippen LogP contribution < -0.4 is 9.46 Å². The van der Waals surface area contributed by atoms with E-state index in [9.17, 15) is 13.2 Å². The Hall–Kier alpha value is -2.75. The van der Waals surface area contributed by atoms with E-state index >= 15 is 0 Å². The number of hydrogen-bond acceptors (Lipinski definition) is 7. The maximum Gasteiger partial charge on any atom is 0.345 e. The Balaban J connectivity index is 2.16. The molecule has 0 aliphatic heterocycles. The fourth-order valence-electron chi connectivity index (χ4n) is 2.86. The van der Waals surface area contributed by atoms with Crippen molar-refractivity contribution < 1.29 is 27.2 Å². The van der Waals surface area contributed by atoms with E-state index in [0.29, 0.717) is 0 Å². The van der Waals surface area contributed by atoms with Crippen LogP contribution >= 0.6 is 23.2 Å². The van der Waals surface area contributed by atoms with Crippen LogP contribution in [0.5, 0.6) is 5.75 Å². The van der Waals surface area contributed by atoms with Crippen molar-refractivity contribution in [2.75, 3.05) is 18.9 Å². The van der Waals surface area contributed by atoms with Gasteiger partial charge in [0.1, 0.15) is 16.3 Å². The lowest BCUT2D eigenvalue weighted by Crippen LogP contribution is -2.16. The second-order valence-corrected chi connectivity index (χ2v) is 8.98. The van der Waals surface area contributed by atoms with Crippen LogP contribution in [-0.2, 0) is 14.8 Å². The summed E-state index contributed by atoms with van der Waals surface area (Å²) in [5.74, 6) is -1.21. The number of benzene rings is 2. The van der Waals surface area contributed by atoms with E-state index in [1.54, 1.807) is 31.2 Å². The summed E-state index contributed by atoms with van der Waals surface area (Å²) in [6, 6.07) is 7.75. The molecule has 1 N–H and O–H groups in total. The third kappa shape index (κ3) is 4.34. The van der Waals surface area contributed by atoms with Gasteiger partial charge in [0, 0.05) is 5.56 Å². The number of carbonyl (C=O) groups is 1. The topological polar surface area (TPSA) is 108 Å². The lowest BCUT2D eigenvalue weighted by atomic mass is 10.1. The molecule has 0 fully saturated rings. The number of rotatable bonds is 6. The number of aromatic nitrogens is 1. The van der Waals surface area contributed by atoms with Crippen LogP contribution in [0.15, 0.2) is 39.8 Å². The molecule has 3 aromatic rings. The summed E-state index contributed by atoms with van der Waals surface area (Å²) >= 11 is 12.4. The summed E-state index contributed by atoms with van der Waals surface area (Å²) < 4.78 is 43.6. The molecule has 0 spiro atoms. The van der Waals surface area contributed by atoms with Crippen molar-refractivity contribution in [3.05, 3.63) is 57.1 Å². The average Bonchev–Trinajstić information content (AvgIpc) is 3.11. The second kappa shape index (κ2) is 8.78. The Morgan fingerprint density at radius 2 is 1.71 bits per heavy atom. The van der Waals surface area contributed by atoms with E-state index in [4.69, 9.17) is 37.2 Å². The summed E-state index contributed by atoms with van der Waals surface area (Å²) in [7, 11) is -1.74. The van der Waals surface area contributed by atoms with Gasteiger partial charge in [-0.3, -0.25) is 0 Å². The predicted molar refractivity (Wildman–Crippen MR) is 117 cm³/mol. The Labute approximate surface area is 189 Å². The molecule has 8 nitrogen and oxygen atoms in total. The first-order chi connectivity index (χ1) is 14.6. The smallest absolute Gasteiger partial charge is 0.345 e. The second-order valence-electron chi connectivity index (χ2n) is 6.52. The molecule has 3 rings (SSSR count). The molecule has 0 saturated heterocycles. The highest BCUT2D eigenvalue weighted by molar-refractivity contribution is 7.92. The minimum atomic E-state index is -4.23. The first-order valence-electron chi connectivity index (χ1n) is 8.81. The Bertz CT molecular complexity index is 1250. The van der Waals surface area contributed by atoms with E-state index in [2.05, 4.69) is 9.88 Å². The van der Waals surface area contributed by atoms with Crippen molar-refractivity contribution >= 4 is 45.1 Å². The SMILES string of the molecule is COC(=O)c1c(-c2c(Cl)cccc2Cl)noc1NS(=O)(=O)c1cc(C)c(C)cc1OC. The molecule has 0 atom stereocenters. The normalized spacial score (nSPS) is 11.3.